The number of rotatable bonds is 2. The van der Waals surface area contributed by atoms with Gasteiger partial charge in [-0.1, -0.05) is 12.1 Å². The summed E-state index contributed by atoms with van der Waals surface area (Å²) in [6, 6.07) is 5.98. The zero-order chi connectivity index (χ0) is 11.7. The third-order valence-corrected chi connectivity index (χ3v) is 3.32. The van der Waals surface area contributed by atoms with Crippen molar-refractivity contribution >= 4 is 5.78 Å². The zero-order valence-electron chi connectivity index (χ0n) is 9.66. The fourth-order valence-electron chi connectivity index (χ4n) is 2.35. The molecule has 3 nitrogen and oxygen atoms in total. The molecule has 0 saturated heterocycles. The molecule has 17 heavy (non-hydrogen) atoms. The van der Waals surface area contributed by atoms with E-state index in [9.17, 15) is 4.79 Å². The number of hydrogen-bond donors (Lipinski definition) is 1. The Kier molecular flexibility index (Phi) is 2.69. The number of hydrogen-bond acceptors (Lipinski definition) is 3. The van der Waals surface area contributed by atoms with E-state index in [1.54, 1.807) is 6.26 Å². The molecule has 0 bridgehead atoms. The average Bonchev–Trinajstić information content (AvgIpc) is 2.86. The maximum atomic E-state index is 12.2. The van der Waals surface area contributed by atoms with Crippen LogP contribution < -0.4 is 5.32 Å². The van der Waals surface area contributed by atoms with E-state index in [1.165, 1.54) is 11.1 Å². The predicted octanol–water partition coefficient (Wildman–Crippen LogP) is 2.17. The zero-order valence-corrected chi connectivity index (χ0v) is 9.66. The van der Waals surface area contributed by atoms with Gasteiger partial charge in [-0.15, -0.1) is 0 Å². The Hall–Kier alpha value is -1.61. The van der Waals surface area contributed by atoms with Gasteiger partial charge in [0.15, 0.2) is 5.78 Å². The van der Waals surface area contributed by atoms with Crippen molar-refractivity contribution in [1.82, 2.24) is 5.32 Å². The Labute approximate surface area is 100 Å². The second kappa shape index (κ2) is 4.34. The largest absolute Gasteiger partial charge is 0.501 e. The summed E-state index contributed by atoms with van der Waals surface area (Å²) < 4.78 is 5.22. The summed E-state index contributed by atoms with van der Waals surface area (Å²) in [5.74, 6) is 0.111. The fourth-order valence-corrected chi connectivity index (χ4v) is 2.35. The van der Waals surface area contributed by atoms with E-state index in [1.807, 2.05) is 18.2 Å². The van der Waals surface area contributed by atoms with Crippen LogP contribution in [0.5, 0.6) is 0 Å². The Bertz CT molecular complexity index is 491. The van der Waals surface area contributed by atoms with Gasteiger partial charge in [0.1, 0.15) is 0 Å². The highest BCUT2D eigenvalue weighted by Crippen LogP contribution is 2.21. The molecule has 0 amide bonds. The third kappa shape index (κ3) is 1.98. The van der Waals surface area contributed by atoms with E-state index in [4.69, 9.17) is 4.74 Å². The first-order chi connectivity index (χ1) is 8.34. The summed E-state index contributed by atoms with van der Waals surface area (Å²) in [6.07, 6.45) is 3.38. The SMILES string of the molecule is O=C(C1=COCCC1)c1ccc2c(c1)CNC2. The van der Waals surface area contributed by atoms with Gasteiger partial charge in [0.2, 0.25) is 0 Å². The lowest BCUT2D eigenvalue weighted by Crippen LogP contribution is -2.09. The Morgan fingerprint density at radius 2 is 2.12 bits per heavy atom. The molecule has 3 rings (SSSR count). The van der Waals surface area contributed by atoms with Crippen molar-refractivity contribution in [3.05, 3.63) is 46.7 Å². The maximum absolute atomic E-state index is 12.2. The quantitative estimate of drug-likeness (QED) is 0.790. The molecule has 0 saturated carbocycles. The molecule has 0 radical (unpaired) electrons. The van der Waals surface area contributed by atoms with Gasteiger partial charge in [0, 0.05) is 24.2 Å². The van der Waals surface area contributed by atoms with Crippen LogP contribution in [0.3, 0.4) is 0 Å². The van der Waals surface area contributed by atoms with Crippen LogP contribution in [0.1, 0.15) is 34.3 Å². The third-order valence-electron chi connectivity index (χ3n) is 3.32. The van der Waals surface area contributed by atoms with E-state index in [-0.39, 0.29) is 5.78 Å². The average molecular weight is 229 g/mol. The molecule has 0 aromatic heterocycles. The molecule has 2 aliphatic heterocycles. The van der Waals surface area contributed by atoms with Crippen molar-refractivity contribution in [3.63, 3.8) is 0 Å². The Balaban J connectivity index is 1.88. The fraction of sp³-hybridized carbons (Fsp3) is 0.357. The first-order valence-corrected chi connectivity index (χ1v) is 6.02. The van der Waals surface area contributed by atoms with Crippen LogP contribution in [0, 0.1) is 0 Å². The molecule has 1 aromatic rings. The first kappa shape index (κ1) is 10.5. The molecule has 0 atom stereocenters. The molecule has 1 N–H and O–H groups in total. The Morgan fingerprint density at radius 3 is 2.94 bits per heavy atom. The number of carbonyl (C=O) groups is 1. The number of nitrogens with one attached hydrogen (secondary N) is 1. The highest BCUT2D eigenvalue weighted by atomic mass is 16.5. The molecule has 2 heterocycles. The number of benzene rings is 1. The van der Waals surface area contributed by atoms with Gasteiger partial charge >= 0.3 is 0 Å². The first-order valence-electron chi connectivity index (χ1n) is 6.02. The van der Waals surface area contributed by atoms with Gasteiger partial charge in [0.25, 0.3) is 0 Å². The minimum atomic E-state index is 0.111. The van der Waals surface area contributed by atoms with E-state index >= 15 is 0 Å². The van der Waals surface area contributed by atoms with Crippen LogP contribution >= 0.6 is 0 Å². The van der Waals surface area contributed by atoms with Gasteiger partial charge in [0.05, 0.1) is 12.9 Å². The summed E-state index contributed by atoms with van der Waals surface area (Å²) in [5, 5.41) is 3.28. The van der Waals surface area contributed by atoms with Gasteiger partial charge in [-0.3, -0.25) is 4.79 Å². The monoisotopic (exact) mass is 229 g/mol. The predicted molar refractivity (Wildman–Crippen MR) is 64.6 cm³/mol. The summed E-state index contributed by atoms with van der Waals surface area (Å²) in [5.41, 5.74) is 4.12. The van der Waals surface area contributed by atoms with E-state index in [0.29, 0.717) is 0 Å². The van der Waals surface area contributed by atoms with Crippen LogP contribution in [0.4, 0.5) is 0 Å². The molecule has 0 fully saturated rings. The van der Waals surface area contributed by atoms with Crippen LogP contribution in [0.2, 0.25) is 0 Å². The molecule has 3 heteroatoms. The van der Waals surface area contributed by atoms with E-state index in [0.717, 1.165) is 43.7 Å². The minimum absolute atomic E-state index is 0.111. The summed E-state index contributed by atoms with van der Waals surface area (Å²) in [7, 11) is 0. The summed E-state index contributed by atoms with van der Waals surface area (Å²) in [6.45, 7) is 2.51. The second-order valence-electron chi connectivity index (χ2n) is 4.53. The van der Waals surface area contributed by atoms with Crippen molar-refractivity contribution < 1.29 is 9.53 Å². The van der Waals surface area contributed by atoms with Crippen molar-refractivity contribution in [2.75, 3.05) is 6.61 Å². The number of fused-ring (bicyclic) bond motifs is 1. The maximum Gasteiger partial charge on any atom is 0.192 e. The lowest BCUT2D eigenvalue weighted by molar-refractivity contribution is 0.101. The molecule has 0 spiro atoms. The normalized spacial score (nSPS) is 18.2. The van der Waals surface area contributed by atoms with Crippen molar-refractivity contribution in [2.24, 2.45) is 0 Å². The van der Waals surface area contributed by atoms with E-state index < -0.39 is 0 Å². The molecule has 2 aliphatic rings. The number of ketones is 1. The lowest BCUT2D eigenvalue weighted by Gasteiger charge is -2.13. The van der Waals surface area contributed by atoms with Crippen molar-refractivity contribution in [3.8, 4) is 0 Å². The Morgan fingerprint density at radius 1 is 1.24 bits per heavy atom. The van der Waals surface area contributed by atoms with Crippen LogP contribution in [0.25, 0.3) is 0 Å². The number of allylic oxidation sites excluding steroid dienone is 1. The molecular weight excluding hydrogens is 214 g/mol. The summed E-state index contributed by atoms with van der Waals surface area (Å²) in [4.78, 5) is 12.2. The van der Waals surface area contributed by atoms with Crippen molar-refractivity contribution in [1.29, 1.82) is 0 Å². The molecule has 1 aromatic carbocycles. The highest BCUT2D eigenvalue weighted by molar-refractivity contribution is 6.08. The smallest absolute Gasteiger partial charge is 0.192 e. The second-order valence-corrected chi connectivity index (χ2v) is 4.53. The molecule has 88 valence electrons. The molecular formula is C14H15NO2. The molecule has 0 aliphatic carbocycles. The van der Waals surface area contributed by atoms with Gasteiger partial charge in [-0.2, -0.15) is 0 Å². The minimum Gasteiger partial charge on any atom is -0.501 e. The van der Waals surface area contributed by atoms with E-state index in [2.05, 4.69) is 5.32 Å². The van der Waals surface area contributed by atoms with Gasteiger partial charge in [-0.05, 0) is 30.0 Å². The number of Topliss-reactive ketones (excluding diaryl/α,β-unsaturated/α-hetero) is 1. The summed E-state index contributed by atoms with van der Waals surface area (Å²) >= 11 is 0. The lowest BCUT2D eigenvalue weighted by atomic mass is 9.97. The van der Waals surface area contributed by atoms with Gasteiger partial charge in [-0.25, -0.2) is 0 Å². The van der Waals surface area contributed by atoms with Crippen LogP contribution in [-0.2, 0) is 17.8 Å². The highest BCUT2D eigenvalue weighted by Gasteiger charge is 2.18. The van der Waals surface area contributed by atoms with Gasteiger partial charge < -0.3 is 10.1 Å². The number of carbonyl (C=O) groups excluding carboxylic acids is 1. The number of ether oxygens (including phenoxy) is 1. The topological polar surface area (TPSA) is 38.3 Å². The van der Waals surface area contributed by atoms with Crippen LogP contribution in [0.15, 0.2) is 30.0 Å². The van der Waals surface area contributed by atoms with Crippen LogP contribution in [-0.4, -0.2) is 12.4 Å². The standard InChI is InChI=1S/C14H15NO2/c16-14(12-2-1-5-17-9-12)10-3-4-11-7-15-8-13(11)6-10/h3-4,6,9,15H,1-2,5,7-8H2. The molecule has 0 unspecified atom stereocenters. The van der Waals surface area contributed by atoms with Crippen molar-refractivity contribution in [2.45, 2.75) is 25.9 Å².